The highest BCUT2D eigenvalue weighted by atomic mass is 35.5. The molecule has 0 aliphatic carbocycles. The lowest BCUT2D eigenvalue weighted by atomic mass is 10.0. The lowest BCUT2D eigenvalue weighted by Gasteiger charge is -2.17. The first kappa shape index (κ1) is 19.0. The van der Waals surface area contributed by atoms with E-state index in [4.69, 9.17) is 21.1 Å². The van der Waals surface area contributed by atoms with Crippen molar-refractivity contribution in [2.45, 2.75) is 18.9 Å². The van der Waals surface area contributed by atoms with E-state index in [1.54, 1.807) is 30.3 Å². The number of methoxy groups -OCH3 is 1. The Kier molecular flexibility index (Phi) is 6.14. The number of halogens is 1. The minimum Gasteiger partial charge on any atom is -0.493 e. The lowest BCUT2D eigenvalue weighted by molar-refractivity contribution is -0.141. The van der Waals surface area contributed by atoms with Crippen LogP contribution in [-0.4, -0.2) is 25.6 Å². The monoisotopic (exact) mass is 385 g/mol. The number of nitrogens with one attached hydrogen (secondary N) is 1. The van der Waals surface area contributed by atoms with E-state index in [9.17, 15) is 9.59 Å². The average Bonchev–Trinajstić information content (AvgIpc) is 3.14. The van der Waals surface area contributed by atoms with Crippen LogP contribution in [0, 0.1) is 0 Å². The Morgan fingerprint density at radius 1 is 1.26 bits per heavy atom. The average molecular weight is 386 g/mol. The van der Waals surface area contributed by atoms with Gasteiger partial charge in [0.25, 0.3) is 0 Å². The van der Waals surface area contributed by atoms with Gasteiger partial charge in [-0.3, -0.25) is 9.59 Å². The molecule has 1 N–H and O–H groups in total. The largest absolute Gasteiger partial charge is 0.493 e. The number of hydrogen-bond acceptors (Lipinski definition) is 4. The zero-order valence-corrected chi connectivity index (χ0v) is 15.7. The molecule has 140 valence electrons. The summed E-state index contributed by atoms with van der Waals surface area (Å²) in [5.41, 5.74) is 2.84. The number of fused-ring (bicyclic) bond motifs is 1. The van der Waals surface area contributed by atoms with Crippen molar-refractivity contribution < 1.29 is 19.1 Å². The maximum atomic E-state index is 12.4. The SMILES string of the molecule is COC(=O)CC(NC(=O)/C=C/c1ccc2c(c1)CCO2)c1ccc(Cl)cc1. The fraction of sp³-hybridized carbons (Fsp3) is 0.238. The maximum absolute atomic E-state index is 12.4. The molecule has 0 radical (unpaired) electrons. The van der Waals surface area contributed by atoms with Gasteiger partial charge >= 0.3 is 5.97 Å². The van der Waals surface area contributed by atoms with Gasteiger partial charge in [0.15, 0.2) is 0 Å². The molecule has 0 saturated carbocycles. The van der Waals surface area contributed by atoms with Crippen LogP contribution in [0.5, 0.6) is 5.75 Å². The van der Waals surface area contributed by atoms with Gasteiger partial charge in [0.1, 0.15) is 5.75 Å². The molecule has 0 fully saturated rings. The molecular formula is C21H20ClNO4. The van der Waals surface area contributed by atoms with Crippen LogP contribution in [0.3, 0.4) is 0 Å². The summed E-state index contributed by atoms with van der Waals surface area (Å²) in [5, 5.41) is 3.43. The van der Waals surface area contributed by atoms with Crippen molar-refractivity contribution in [2.75, 3.05) is 13.7 Å². The molecule has 3 rings (SSSR count). The first-order valence-electron chi connectivity index (χ1n) is 8.62. The summed E-state index contributed by atoms with van der Waals surface area (Å²) < 4.78 is 10.2. The maximum Gasteiger partial charge on any atom is 0.307 e. The van der Waals surface area contributed by atoms with Gasteiger partial charge in [-0.25, -0.2) is 0 Å². The van der Waals surface area contributed by atoms with E-state index in [-0.39, 0.29) is 12.3 Å². The highest BCUT2D eigenvalue weighted by molar-refractivity contribution is 6.30. The van der Waals surface area contributed by atoms with E-state index in [1.807, 2.05) is 18.2 Å². The highest BCUT2D eigenvalue weighted by Crippen LogP contribution is 2.26. The van der Waals surface area contributed by atoms with E-state index in [1.165, 1.54) is 13.2 Å². The van der Waals surface area contributed by atoms with Gasteiger partial charge in [0.05, 0.1) is 26.2 Å². The van der Waals surface area contributed by atoms with Crippen molar-refractivity contribution in [1.29, 1.82) is 0 Å². The molecule has 1 amide bonds. The highest BCUT2D eigenvalue weighted by Gasteiger charge is 2.18. The summed E-state index contributed by atoms with van der Waals surface area (Å²) >= 11 is 5.91. The summed E-state index contributed by atoms with van der Waals surface area (Å²) in [5.74, 6) is 0.200. The molecule has 0 aromatic heterocycles. The number of esters is 1. The smallest absolute Gasteiger partial charge is 0.307 e. The topological polar surface area (TPSA) is 64.6 Å². The van der Waals surface area contributed by atoms with E-state index < -0.39 is 12.0 Å². The Labute approximate surface area is 162 Å². The molecule has 0 spiro atoms. The molecule has 6 heteroatoms. The molecule has 1 heterocycles. The van der Waals surface area contributed by atoms with Gasteiger partial charge < -0.3 is 14.8 Å². The van der Waals surface area contributed by atoms with Gasteiger partial charge in [0, 0.05) is 17.5 Å². The van der Waals surface area contributed by atoms with E-state index >= 15 is 0 Å². The van der Waals surface area contributed by atoms with Crippen LogP contribution in [-0.2, 0) is 20.7 Å². The number of hydrogen-bond donors (Lipinski definition) is 1. The number of benzene rings is 2. The van der Waals surface area contributed by atoms with Crippen LogP contribution in [0.1, 0.15) is 29.2 Å². The normalized spacial score (nSPS) is 13.7. The van der Waals surface area contributed by atoms with Gasteiger partial charge in [0.2, 0.25) is 5.91 Å². The fourth-order valence-electron chi connectivity index (χ4n) is 2.90. The predicted octanol–water partition coefficient (Wildman–Crippen LogP) is 3.71. The minimum atomic E-state index is -0.500. The third-order valence-electron chi connectivity index (χ3n) is 4.33. The molecule has 1 aliphatic rings. The molecule has 27 heavy (non-hydrogen) atoms. The number of carbonyl (C=O) groups is 2. The fourth-order valence-corrected chi connectivity index (χ4v) is 3.03. The molecule has 1 unspecified atom stereocenters. The van der Waals surface area contributed by atoms with Crippen molar-refractivity contribution in [1.82, 2.24) is 5.32 Å². The van der Waals surface area contributed by atoms with Crippen molar-refractivity contribution in [3.63, 3.8) is 0 Å². The number of carbonyl (C=O) groups excluding carboxylic acids is 2. The second-order valence-electron chi connectivity index (χ2n) is 6.19. The summed E-state index contributed by atoms with van der Waals surface area (Å²) in [6, 6.07) is 12.3. The van der Waals surface area contributed by atoms with E-state index in [0.29, 0.717) is 11.6 Å². The van der Waals surface area contributed by atoms with Crippen LogP contribution >= 0.6 is 11.6 Å². The van der Waals surface area contributed by atoms with Gasteiger partial charge in [-0.1, -0.05) is 29.8 Å². The third kappa shape index (κ3) is 5.11. The molecule has 5 nitrogen and oxygen atoms in total. The number of ether oxygens (including phenoxy) is 2. The van der Waals surface area contributed by atoms with Crippen LogP contribution in [0.25, 0.3) is 6.08 Å². The van der Waals surface area contributed by atoms with Crippen molar-refractivity contribution >= 4 is 29.6 Å². The summed E-state index contributed by atoms with van der Waals surface area (Å²) in [6.07, 6.45) is 4.11. The van der Waals surface area contributed by atoms with Crippen molar-refractivity contribution in [2.24, 2.45) is 0 Å². The number of rotatable bonds is 6. The first-order chi connectivity index (χ1) is 13.0. The van der Waals surface area contributed by atoms with Gasteiger partial charge in [-0.05, 0) is 47.0 Å². The molecule has 0 bridgehead atoms. The Bertz CT molecular complexity index is 861. The number of amides is 1. The summed E-state index contributed by atoms with van der Waals surface area (Å²) in [7, 11) is 1.32. The van der Waals surface area contributed by atoms with Crippen LogP contribution in [0.15, 0.2) is 48.5 Å². The summed E-state index contributed by atoms with van der Waals surface area (Å²) in [6.45, 7) is 0.694. The molecule has 0 saturated heterocycles. The molecular weight excluding hydrogens is 366 g/mol. The Morgan fingerprint density at radius 3 is 2.78 bits per heavy atom. The van der Waals surface area contributed by atoms with Crippen LogP contribution < -0.4 is 10.1 Å². The Balaban J connectivity index is 1.69. The van der Waals surface area contributed by atoms with Crippen LogP contribution in [0.2, 0.25) is 5.02 Å². The molecule has 2 aromatic rings. The molecule has 2 aromatic carbocycles. The van der Waals surface area contributed by atoms with Gasteiger partial charge in [-0.2, -0.15) is 0 Å². The second-order valence-corrected chi connectivity index (χ2v) is 6.63. The molecule has 1 atom stereocenters. The Hall–Kier alpha value is -2.79. The summed E-state index contributed by atoms with van der Waals surface area (Å²) in [4.78, 5) is 24.1. The van der Waals surface area contributed by atoms with Crippen LogP contribution in [0.4, 0.5) is 0 Å². The Morgan fingerprint density at radius 2 is 2.04 bits per heavy atom. The van der Waals surface area contributed by atoms with E-state index in [2.05, 4.69) is 5.32 Å². The second kappa shape index (κ2) is 8.73. The van der Waals surface area contributed by atoms with Crippen molar-refractivity contribution in [3.05, 3.63) is 70.3 Å². The standard InChI is InChI=1S/C21H20ClNO4/c1-26-21(25)13-18(15-4-6-17(22)7-5-15)23-20(24)9-3-14-2-8-19-16(12-14)10-11-27-19/h2-9,12,18H,10-11,13H2,1H3,(H,23,24)/b9-3+. The quantitative estimate of drug-likeness (QED) is 0.608. The zero-order valence-electron chi connectivity index (χ0n) is 14.9. The van der Waals surface area contributed by atoms with E-state index in [0.717, 1.165) is 28.9 Å². The predicted molar refractivity (Wildman–Crippen MR) is 104 cm³/mol. The van der Waals surface area contributed by atoms with Gasteiger partial charge in [-0.15, -0.1) is 0 Å². The first-order valence-corrected chi connectivity index (χ1v) is 8.99. The zero-order chi connectivity index (χ0) is 19.2. The third-order valence-corrected chi connectivity index (χ3v) is 4.58. The molecule has 1 aliphatic heterocycles. The minimum absolute atomic E-state index is 0.0356. The lowest BCUT2D eigenvalue weighted by Crippen LogP contribution is -2.29. The van der Waals surface area contributed by atoms with Crippen molar-refractivity contribution in [3.8, 4) is 5.75 Å².